The third kappa shape index (κ3) is 3.91. The molecule has 0 bridgehead atoms. The van der Waals surface area contributed by atoms with Crippen LogP contribution in [0.25, 0.3) is 21.3 Å². The molecular weight excluding hydrogens is 394 g/mol. The van der Waals surface area contributed by atoms with Crippen molar-refractivity contribution in [1.82, 2.24) is 14.5 Å². The van der Waals surface area contributed by atoms with Gasteiger partial charge < -0.3 is 4.90 Å². The number of rotatable bonds is 5. The van der Waals surface area contributed by atoms with Crippen molar-refractivity contribution in [1.29, 1.82) is 0 Å². The van der Waals surface area contributed by atoms with Gasteiger partial charge in [-0.1, -0.05) is 54.1 Å². The summed E-state index contributed by atoms with van der Waals surface area (Å²) < 4.78 is 1.41. The third-order valence-corrected chi connectivity index (χ3v) is 6.21. The van der Waals surface area contributed by atoms with Crippen molar-refractivity contribution in [2.45, 2.75) is 26.9 Å². The zero-order chi connectivity index (χ0) is 21.3. The first-order chi connectivity index (χ1) is 14.4. The Morgan fingerprint density at radius 3 is 2.57 bits per heavy atom. The number of aryl methyl sites for hydroxylation is 2. The summed E-state index contributed by atoms with van der Waals surface area (Å²) >= 11 is 1.44. The van der Waals surface area contributed by atoms with Crippen LogP contribution >= 0.6 is 11.3 Å². The van der Waals surface area contributed by atoms with Gasteiger partial charge in [-0.3, -0.25) is 14.2 Å². The Morgan fingerprint density at radius 1 is 1.10 bits per heavy atom. The summed E-state index contributed by atoms with van der Waals surface area (Å²) in [5, 5.41) is 2.53. The van der Waals surface area contributed by atoms with Gasteiger partial charge in [0.15, 0.2) is 0 Å². The second-order valence-electron chi connectivity index (χ2n) is 7.55. The quantitative estimate of drug-likeness (QED) is 0.484. The maximum absolute atomic E-state index is 13.2. The van der Waals surface area contributed by atoms with E-state index >= 15 is 0 Å². The van der Waals surface area contributed by atoms with Crippen LogP contribution in [-0.4, -0.2) is 27.4 Å². The second kappa shape index (κ2) is 8.24. The fourth-order valence-electron chi connectivity index (χ4n) is 3.42. The first-order valence-corrected chi connectivity index (χ1v) is 10.6. The van der Waals surface area contributed by atoms with Crippen LogP contribution in [0.5, 0.6) is 0 Å². The number of thiophene rings is 1. The van der Waals surface area contributed by atoms with Crippen LogP contribution in [0, 0.1) is 13.8 Å². The molecule has 30 heavy (non-hydrogen) atoms. The summed E-state index contributed by atoms with van der Waals surface area (Å²) in [6.45, 7) is 4.53. The lowest BCUT2D eigenvalue weighted by Gasteiger charge is -2.19. The highest BCUT2D eigenvalue weighted by Crippen LogP contribution is 2.30. The summed E-state index contributed by atoms with van der Waals surface area (Å²) in [6, 6.07) is 16.1. The molecule has 2 aromatic carbocycles. The van der Waals surface area contributed by atoms with E-state index in [4.69, 9.17) is 0 Å². The normalized spacial score (nSPS) is 11.0. The van der Waals surface area contributed by atoms with Gasteiger partial charge in [-0.05, 0) is 30.5 Å². The number of hydrogen-bond acceptors (Lipinski definition) is 4. The highest BCUT2D eigenvalue weighted by molar-refractivity contribution is 7.17. The first-order valence-electron chi connectivity index (χ1n) is 9.76. The molecule has 2 aromatic heterocycles. The highest BCUT2D eigenvalue weighted by atomic mass is 32.1. The van der Waals surface area contributed by atoms with Crippen molar-refractivity contribution in [2.75, 3.05) is 7.05 Å². The lowest BCUT2D eigenvalue weighted by molar-refractivity contribution is -0.131. The lowest BCUT2D eigenvalue weighted by atomic mass is 10.1. The smallest absolute Gasteiger partial charge is 0.263 e. The predicted octanol–water partition coefficient (Wildman–Crippen LogP) is 4.40. The van der Waals surface area contributed by atoms with E-state index in [-0.39, 0.29) is 18.0 Å². The Morgan fingerprint density at radius 2 is 1.83 bits per heavy atom. The summed E-state index contributed by atoms with van der Waals surface area (Å²) in [7, 11) is 1.76. The summed E-state index contributed by atoms with van der Waals surface area (Å²) in [4.78, 5) is 32.7. The zero-order valence-electron chi connectivity index (χ0n) is 17.3. The van der Waals surface area contributed by atoms with E-state index in [0.29, 0.717) is 16.8 Å². The average Bonchev–Trinajstić information content (AvgIpc) is 3.17. The fourth-order valence-corrected chi connectivity index (χ4v) is 4.33. The molecule has 0 saturated heterocycles. The van der Waals surface area contributed by atoms with Crippen LogP contribution in [0.3, 0.4) is 0 Å². The number of carbonyl (C=O) groups excluding carboxylic acids is 1. The Kier molecular flexibility index (Phi) is 5.50. The molecule has 0 spiro atoms. The van der Waals surface area contributed by atoms with E-state index < -0.39 is 0 Å². The van der Waals surface area contributed by atoms with Gasteiger partial charge in [0, 0.05) is 24.5 Å². The summed E-state index contributed by atoms with van der Waals surface area (Å²) in [6.07, 6.45) is 1.47. The molecule has 0 aliphatic heterocycles. The number of fused-ring (bicyclic) bond motifs is 1. The second-order valence-corrected chi connectivity index (χ2v) is 8.41. The van der Waals surface area contributed by atoms with Crippen LogP contribution in [0.2, 0.25) is 0 Å². The van der Waals surface area contributed by atoms with E-state index in [0.717, 1.165) is 27.8 Å². The van der Waals surface area contributed by atoms with Gasteiger partial charge in [0.05, 0.1) is 11.7 Å². The monoisotopic (exact) mass is 417 g/mol. The molecule has 0 unspecified atom stereocenters. The SMILES string of the molecule is Cc1ccc(-c2csc3ncn(CC(=O)N(C)Cc4ccccc4C)c(=O)c23)cc1. The van der Waals surface area contributed by atoms with E-state index in [2.05, 4.69) is 4.98 Å². The van der Waals surface area contributed by atoms with E-state index in [1.807, 2.05) is 67.8 Å². The Balaban J connectivity index is 1.61. The maximum Gasteiger partial charge on any atom is 0.263 e. The van der Waals surface area contributed by atoms with Gasteiger partial charge in [0.2, 0.25) is 5.91 Å². The fraction of sp³-hybridized carbons (Fsp3) is 0.208. The van der Waals surface area contributed by atoms with Gasteiger partial charge in [0.25, 0.3) is 5.56 Å². The van der Waals surface area contributed by atoms with Crippen molar-refractivity contribution < 1.29 is 4.79 Å². The molecule has 152 valence electrons. The largest absolute Gasteiger partial charge is 0.340 e. The minimum atomic E-state index is -0.186. The molecule has 0 radical (unpaired) electrons. The van der Waals surface area contributed by atoms with Crippen molar-refractivity contribution >= 4 is 27.5 Å². The van der Waals surface area contributed by atoms with Gasteiger partial charge in [-0.2, -0.15) is 0 Å². The van der Waals surface area contributed by atoms with Gasteiger partial charge in [0.1, 0.15) is 11.4 Å². The number of benzene rings is 2. The minimum absolute atomic E-state index is 0.0344. The van der Waals surface area contributed by atoms with Crippen LogP contribution < -0.4 is 5.56 Å². The van der Waals surface area contributed by atoms with Crippen LogP contribution in [-0.2, 0) is 17.9 Å². The molecule has 0 N–H and O–H groups in total. The van der Waals surface area contributed by atoms with Gasteiger partial charge in [-0.15, -0.1) is 11.3 Å². The number of carbonyl (C=O) groups is 1. The molecule has 4 rings (SSSR count). The molecule has 6 heteroatoms. The average molecular weight is 418 g/mol. The van der Waals surface area contributed by atoms with Crippen molar-refractivity contribution in [2.24, 2.45) is 0 Å². The van der Waals surface area contributed by atoms with E-state index in [1.54, 1.807) is 11.9 Å². The maximum atomic E-state index is 13.2. The lowest BCUT2D eigenvalue weighted by Crippen LogP contribution is -2.33. The molecule has 0 aliphatic carbocycles. The molecule has 4 aromatic rings. The number of hydrogen-bond donors (Lipinski definition) is 0. The summed E-state index contributed by atoms with van der Waals surface area (Å²) in [5.41, 5.74) is 5.05. The molecular formula is C24H23N3O2S. The highest BCUT2D eigenvalue weighted by Gasteiger charge is 2.16. The van der Waals surface area contributed by atoms with Crippen molar-refractivity contribution in [3.8, 4) is 11.1 Å². The third-order valence-electron chi connectivity index (χ3n) is 5.32. The van der Waals surface area contributed by atoms with Gasteiger partial charge >= 0.3 is 0 Å². The summed E-state index contributed by atoms with van der Waals surface area (Å²) in [5.74, 6) is -0.131. The van der Waals surface area contributed by atoms with Crippen LogP contribution in [0.15, 0.2) is 65.0 Å². The van der Waals surface area contributed by atoms with E-state index in [9.17, 15) is 9.59 Å². The molecule has 2 heterocycles. The first kappa shape index (κ1) is 20.0. The number of aromatic nitrogens is 2. The van der Waals surface area contributed by atoms with Crippen molar-refractivity contribution in [3.63, 3.8) is 0 Å². The standard InChI is InChI=1S/C24H23N3O2S/c1-16-8-10-18(11-9-16)20-14-30-23-22(20)24(29)27(15-25-23)13-21(28)26(3)12-19-7-5-4-6-17(19)2/h4-11,14-15H,12-13H2,1-3H3. The number of amides is 1. The molecule has 5 nitrogen and oxygen atoms in total. The molecule has 0 saturated carbocycles. The Labute approximate surface area is 179 Å². The number of nitrogens with zero attached hydrogens (tertiary/aromatic N) is 3. The topological polar surface area (TPSA) is 55.2 Å². The molecule has 0 atom stereocenters. The van der Waals surface area contributed by atoms with Crippen LogP contribution in [0.1, 0.15) is 16.7 Å². The van der Waals surface area contributed by atoms with E-state index in [1.165, 1.54) is 22.2 Å². The molecule has 0 aliphatic rings. The molecule has 0 fully saturated rings. The van der Waals surface area contributed by atoms with Crippen molar-refractivity contribution in [3.05, 3.63) is 87.3 Å². The molecule has 1 amide bonds. The van der Waals surface area contributed by atoms with Crippen LogP contribution in [0.4, 0.5) is 0 Å². The van der Waals surface area contributed by atoms with Gasteiger partial charge in [-0.25, -0.2) is 4.98 Å². The minimum Gasteiger partial charge on any atom is -0.340 e. The number of likely N-dealkylation sites (N-methyl/N-ethyl adjacent to an activating group) is 1. The predicted molar refractivity (Wildman–Crippen MR) is 122 cm³/mol. The Hall–Kier alpha value is -3.25. The Bertz CT molecular complexity index is 1270. The zero-order valence-corrected chi connectivity index (χ0v) is 18.1.